The van der Waals surface area contributed by atoms with Crippen molar-refractivity contribution in [2.45, 2.75) is 25.7 Å². The lowest BCUT2D eigenvalue weighted by Gasteiger charge is -2.19. The summed E-state index contributed by atoms with van der Waals surface area (Å²) in [4.78, 5) is 23.9. The number of fused-ring (bicyclic) bond motifs is 1. The smallest absolute Gasteiger partial charge is 0.271 e. The van der Waals surface area contributed by atoms with Gasteiger partial charge in [0.1, 0.15) is 5.69 Å². The molecule has 0 fully saturated rings. The number of benzene rings is 1. The molecular formula is C18H22N6O. The number of carbonyl (C=O) groups is 1. The monoisotopic (exact) mass is 338 g/mol. The van der Waals surface area contributed by atoms with Crippen LogP contribution in [0.15, 0.2) is 41.8 Å². The number of anilines is 1. The molecule has 0 unspecified atom stereocenters. The number of nitrogens with two attached hydrogens (primary N) is 1. The topological polar surface area (TPSA) is 105 Å². The average molecular weight is 338 g/mol. The first-order valence-electron chi connectivity index (χ1n) is 8.46. The maximum Gasteiger partial charge on any atom is 0.271 e. The van der Waals surface area contributed by atoms with Gasteiger partial charge >= 0.3 is 0 Å². The van der Waals surface area contributed by atoms with Crippen molar-refractivity contribution >= 4 is 17.6 Å². The Balaban J connectivity index is 1.50. The highest BCUT2D eigenvalue weighted by Crippen LogP contribution is 2.27. The molecule has 7 heteroatoms. The number of hydrogen-bond acceptors (Lipinski definition) is 4. The van der Waals surface area contributed by atoms with Crippen molar-refractivity contribution in [2.24, 2.45) is 10.7 Å². The minimum Gasteiger partial charge on any atom is -0.370 e. The number of rotatable bonds is 5. The van der Waals surface area contributed by atoms with Crippen molar-refractivity contribution in [3.63, 3.8) is 0 Å². The van der Waals surface area contributed by atoms with Crippen LogP contribution in [0.25, 0.3) is 0 Å². The Hall–Kier alpha value is -2.96. The first-order valence-corrected chi connectivity index (χ1v) is 8.46. The van der Waals surface area contributed by atoms with Crippen LogP contribution in [0.3, 0.4) is 0 Å². The summed E-state index contributed by atoms with van der Waals surface area (Å²) >= 11 is 0. The van der Waals surface area contributed by atoms with E-state index < -0.39 is 0 Å². The molecule has 1 aliphatic rings. The van der Waals surface area contributed by atoms with Crippen molar-refractivity contribution < 1.29 is 4.79 Å². The van der Waals surface area contributed by atoms with Gasteiger partial charge in [-0.25, -0.2) is 4.98 Å². The number of amides is 1. The van der Waals surface area contributed by atoms with Crippen molar-refractivity contribution in [3.8, 4) is 0 Å². The standard InChI is InChI=1S/C18H22N6O/c19-18(23-11-10-22-17(25)16-12-20-8-9-21-16)24-15-7-3-5-13-4-1-2-6-14(13)15/h3,5,7-9,12H,1-2,4,6,10-11H2,(H,22,25)(H3,19,23,24). The van der Waals surface area contributed by atoms with Crippen molar-refractivity contribution in [3.05, 3.63) is 53.6 Å². The molecule has 0 saturated carbocycles. The highest BCUT2D eigenvalue weighted by Gasteiger charge is 2.13. The molecule has 0 saturated heterocycles. The molecule has 7 nitrogen and oxygen atoms in total. The van der Waals surface area contributed by atoms with Crippen LogP contribution < -0.4 is 16.4 Å². The summed E-state index contributed by atoms with van der Waals surface area (Å²) in [7, 11) is 0. The van der Waals surface area contributed by atoms with E-state index in [1.807, 2.05) is 12.1 Å². The molecule has 1 heterocycles. The minimum atomic E-state index is -0.271. The van der Waals surface area contributed by atoms with Crippen LogP contribution in [0.1, 0.15) is 34.5 Å². The number of hydrogen-bond donors (Lipinski definition) is 3. The second-order valence-corrected chi connectivity index (χ2v) is 5.89. The zero-order valence-corrected chi connectivity index (χ0v) is 14.0. The van der Waals surface area contributed by atoms with Gasteiger partial charge in [0, 0.05) is 24.6 Å². The van der Waals surface area contributed by atoms with Gasteiger partial charge in [-0.05, 0) is 42.9 Å². The van der Waals surface area contributed by atoms with Crippen LogP contribution in [0.2, 0.25) is 0 Å². The summed E-state index contributed by atoms with van der Waals surface area (Å²) in [5.41, 5.74) is 10.0. The van der Waals surface area contributed by atoms with Gasteiger partial charge in [0.25, 0.3) is 5.91 Å². The second-order valence-electron chi connectivity index (χ2n) is 5.89. The number of aryl methyl sites for hydroxylation is 1. The lowest BCUT2D eigenvalue weighted by Crippen LogP contribution is -2.29. The molecular weight excluding hydrogens is 316 g/mol. The number of carbonyl (C=O) groups excluding carboxylic acids is 1. The quantitative estimate of drug-likeness (QED) is 0.435. The molecule has 0 aliphatic heterocycles. The summed E-state index contributed by atoms with van der Waals surface area (Å²) in [5.74, 6) is 0.0830. The zero-order valence-electron chi connectivity index (χ0n) is 14.0. The number of nitrogens with one attached hydrogen (secondary N) is 2. The van der Waals surface area contributed by atoms with Gasteiger partial charge in [0.05, 0.1) is 12.7 Å². The summed E-state index contributed by atoms with van der Waals surface area (Å²) in [6.07, 6.45) is 9.07. The zero-order chi connectivity index (χ0) is 17.5. The van der Waals surface area contributed by atoms with E-state index in [0.29, 0.717) is 19.0 Å². The van der Waals surface area contributed by atoms with Gasteiger partial charge in [0.15, 0.2) is 5.96 Å². The normalized spacial score (nSPS) is 13.8. The van der Waals surface area contributed by atoms with Gasteiger partial charge in [-0.3, -0.25) is 14.8 Å². The molecule has 1 aromatic heterocycles. The van der Waals surface area contributed by atoms with E-state index in [1.165, 1.54) is 42.6 Å². The molecule has 1 aromatic carbocycles. The molecule has 3 rings (SSSR count). The Kier molecular flexibility index (Phi) is 5.56. The van der Waals surface area contributed by atoms with Gasteiger partial charge < -0.3 is 16.4 Å². The predicted octanol–water partition coefficient (Wildman–Crippen LogP) is 1.51. The van der Waals surface area contributed by atoms with Crippen LogP contribution in [-0.2, 0) is 12.8 Å². The third kappa shape index (κ3) is 4.53. The summed E-state index contributed by atoms with van der Waals surface area (Å²) in [6.45, 7) is 0.768. The highest BCUT2D eigenvalue weighted by atomic mass is 16.1. The third-order valence-corrected chi connectivity index (χ3v) is 4.13. The maximum atomic E-state index is 11.8. The molecule has 0 spiro atoms. The molecule has 1 amide bonds. The molecule has 0 radical (unpaired) electrons. The number of aliphatic imine (C=N–C) groups is 1. The Morgan fingerprint density at radius 2 is 2.12 bits per heavy atom. The fourth-order valence-electron chi connectivity index (χ4n) is 2.93. The van der Waals surface area contributed by atoms with Crippen molar-refractivity contribution in [1.29, 1.82) is 0 Å². The first-order chi connectivity index (χ1) is 12.2. The van der Waals surface area contributed by atoms with E-state index in [1.54, 1.807) is 0 Å². The Morgan fingerprint density at radius 1 is 1.24 bits per heavy atom. The van der Waals surface area contributed by atoms with Crippen LogP contribution >= 0.6 is 0 Å². The van der Waals surface area contributed by atoms with Crippen molar-refractivity contribution in [2.75, 3.05) is 18.4 Å². The van der Waals surface area contributed by atoms with E-state index in [4.69, 9.17) is 5.73 Å². The van der Waals surface area contributed by atoms with Crippen molar-refractivity contribution in [1.82, 2.24) is 15.3 Å². The average Bonchev–Trinajstić information content (AvgIpc) is 2.66. The molecule has 0 bridgehead atoms. The van der Waals surface area contributed by atoms with Crippen LogP contribution in [0.5, 0.6) is 0 Å². The van der Waals surface area contributed by atoms with Gasteiger partial charge in [-0.15, -0.1) is 0 Å². The Bertz CT molecular complexity index is 759. The molecule has 4 N–H and O–H groups in total. The molecule has 1 aliphatic carbocycles. The largest absolute Gasteiger partial charge is 0.370 e. The lowest BCUT2D eigenvalue weighted by atomic mass is 9.90. The van der Waals surface area contributed by atoms with Gasteiger partial charge in [-0.2, -0.15) is 0 Å². The summed E-state index contributed by atoms with van der Waals surface area (Å²) in [5, 5.41) is 5.92. The summed E-state index contributed by atoms with van der Waals surface area (Å²) < 4.78 is 0. The Morgan fingerprint density at radius 3 is 2.96 bits per heavy atom. The predicted molar refractivity (Wildman–Crippen MR) is 97.6 cm³/mol. The minimum absolute atomic E-state index is 0.271. The number of guanidine groups is 1. The van der Waals surface area contributed by atoms with E-state index >= 15 is 0 Å². The van der Waals surface area contributed by atoms with Crippen LogP contribution in [-0.4, -0.2) is 34.9 Å². The van der Waals surface area contributed by atoms with Gasteiger partial charge in [-0.1, -0.05) is 12.1 Å². The third-order valence-electron chi connectivity index (χ3n) is 4.13. The number of aromatic nitrogens is 2. The molecule has 130 valence electrons. The highest BCUT2D eigenvalue weighted by molar-refractivity contribution is 5.93. The van der Waals surface area contributed by atoms with Crippen LogP contribution in [0.4, 0.5) is 5.69 Å². The van der Waals surface area contributed by atoms with E-state index in [9.17, 15) is 4.79 Å². The second kappa shape index (κ2) is 8.23. The van der Waals surface area contributed by atoms with E-state index in [-0.39, 0.29) is 11.6 Å². The van der Waals surface area contributed by atoms with E-state index in [0.717, 1.165) is 18.5 Å². The van der Waals surface area contributed by atoms with Crippen LogP contribution in [0, 0.1) is 0 Å². The van der Waals surface area contributed by atoms with Gasteiger partial charge in [0.2, 0.25) is 0 Å². The Labute approximate surface area is 146 Å². The first kappa shape index (κ1) is 16.9. The molecule has 25 heavy (non-hydrogen) atoms. The fraction of sp³-hybridized carbons (Fsp3) is 0.333. The lowest BCUT2D eigenvalue weighted by molar-refractivity contribution is 0.0949. The molecule has 2 aromatic rings. The SMILES string of the molecule is NC(=NCCNC(=O)c1cnccn1)Nc1cccc2c1CCCC2. The number of nitrogens with zero attached hydrogens (tertiary/aromatic N) is 3. The maximum absolute atomic E-state index is 11.8. The summed E-state index contributed by atoms with van der Waals surface area (Å²) in [6, 6.07) is 6.25. The van der Waals surface area contributed by atoms with E-state index in [2.05, 4.69) is 31.7 Å². The molecule has 0 atom stereocenters. The fourth-order valence-corrected chi connectivity index (χ4v) is 2.93.